The van der Waals surface area contributed by atoms with Crippen LogP contribution in [-0.4, -0.2) is 10.8 Å². The van der Waals surface area contributed by atoms with Crippen LogP contribution < -0.4 is 0 Å². The van der Waals surface area contributed by atoms with E-state index in [0.717, 1.165) is 16.3 Å². The molecule has 0 radical (unpaired) electrons. The van der Waals surface area contributed by atoms with Gasteiger partial charge >= 0.3 is 0 Å². The first-order chi connectivity index (χ1) is 9.66. The SMILES string of the molecule is Cc1ccc(F)cc1C(=O)c1cccc2cnccc12. The van der Waals surface area contributed by atoms with E-state index in [1.54, 1.807) is 37.5 Å². The molecule has 1 heterocycles. The third-order valence-electron chi connectivity index (χ3n) is 3.37. The van der Waals surface area contributed by atoms with Crippen LogP contribution in [0.3, 0.4) is 0 Å². The summed E-state index contributed by atoms with van der Waals surface area (Å²) in [6.07, 6.45) is 3.36. The van der Waals surface area contributed by atoms with Gasteiger partial charge in [0.25, 0.3) is 0 Å². The number of nitrogens with zero attached hydrogens (tertiary/aromatic N) is 1. The number of rotatable bonds is 2. The topological polar surface area (TPSA) is 30.0 Å². The summed E-state index contributed by atoms with van der Waals surface area (Å²) >= 11 is 0. The van der Waals surface area contributed by atoms with Crippen LogP contribution in [0.4, 0.5) is 4.39 Å². The quantitative estimate of drug-likeness (QED) is 0.657. The van der Waals surface area contributed by atoms with E-state index in [2.05, 4.69) is 4.98 Å². The van der Waals surface area contributed by atoms with Gasteiger partial charge in [0.05, 0.1) is 0 Å². The largest absolute Gasteiger partial charge is 0.289 e. The number of aromatic nitrogens is 1. The fraction of sp³-hybridized carbons (Fsp3) is 0.0588. The molecular weight excluding hydrogens is 253 g/mol. The van der Waals surface area contributed by atoms with Crippen LogP contribution in [0.1, 0.15) is 21.5 Å². The highest BCUT2D eigenvalue weighted by Crippen LogP contribution is 2.22. The van der Waals surface area contributed by atoms with Gasteiger partial charge in [-0.2, -0.15) is 0 Å². The Morgan fingerprint density at radius 3 is 2.80 bits per heavy atom. The zero-order chi connectivity index (χ0) is 14.1. The van der Waals surface area contributed by atoms with Gasteiger partial charge in [0.2, 0.25) is 0 Å². The second-order valence-electron chi connectivity index (χ2n) is 4.69. The molecule has 0 saturated heterocycles. The number of carbonyl (C=O) groups is 1. The number of halogens is 1. The van der Waals surface area contributed by atoms with Crippen LogP contribution in [0, 0.1) is 12.7 Å². The smallest absolute Gasteiger partial charge is 0.194 e. The molecule has 20 heavy (non-hydrogen) atoms. The molecule has 2 nitrogen and oxygen atoms in total. The Morgan fingerprint density at radius 2 is 1.95 bits per heavy atom. The summed E-state index contributed by atoms with van der Waals surface area (Å²) < 4.78 is 13.4. The van der Waals surface area contributed by atoms with Gasteiger partial charge in [0.1, 0.15) is 5.82 Å². The maximum absolute atomic E-state index is 13.4. The highest BCUT2D eigenvalue weighted by Gasteiger charge is 2.15. The van der Waals surface area contributed by atoms with Gasteiger partial charge < -0.3 is 0 Å². The number of benzene rings is 2. The van der Waals surface area contributed by atoms with Crippen LogP contribution >= 0.6 is 0 Å². The van der Waals surface area contributed by atoms with E-state index < -0.39 is 5.82 Å². The number of hydrogen-bond donors (Lipinski definition) is 0. The maximum Gasteiger partial charge on any atom is 0.194 e. The minimum atomic E-state index is -0.402. The average Bonchev–Trinajstić information content (AvgIpc) is 2.48. The Bertz CT molecular complexity index is 806. The third kappa shape index (κ3) is 2.07. The van der Waals surface area contributed by atoms with E-state index >= 15 is 0 Å². The second-order valence-corrected chi connectivity index (χ2v) is 4.69. The molecule has 0 unspecified atom stereocenters. The van der Waals surface area contributed by atoms with Crippen molar-refractivity contribution in [2.45, 2.75) is 6.92 Å². The van der Waals surface area contributed by atoms with E-state index in [1.807, 2.05) is 12.1 Å². The number of ketones is 1. The number of fused-ring (bicyclic) bond motifs is 1. The predicted octanol–water partition coefficient (Wildman–Crippen LogP) is 3.91. The molecule has 0 atom stereocenters. The Hall–Kier alpha value is -2.55. The van der Waals surface area contributed by atoms with Crippen molar-refractivity contribution in [2.75, 3.05) is 0 Å². The lowest BCUT2D eigenvalue weighted by molar-refractivity contribution is 0.103. The predicted molar refractivity (Wildman–Crippen MR) is 76.3 cm³/mol. The summed E-state index contributed by atoms with van der Waals surface area (Å²) in [5, 5.41) is 1.73. The summed E-state index contributed by atoms with van der Waals surface area (Å²) in [7, 11) is 0. The van der Waals surface area contributed by atoms with Gasteiger partial charge in [-0.05, 0) is 36.1 Å². The minimum absolute atomic E-state index is 0.168. The van der Waals surface area contributed by atoms with Crippen molar-refractivity contribution in [1.82, 2.24) is 4.98 Å². The van der Waals surface area contributed by atoms with Gasteiger partial charge in [-0.3, -0.25) is 9.78 Å². The van der Waals surface area contributed by atoms with E-state index in [4.69, 9.17) is 0 Å². The van der Waals surface area contributed by atoms with Gasteiger partial charge in [-0.15, -0.1) is 0 Å². The van der Waals surface area contributed by atoms with Gasteiger partial charge in [-0.1, -0.05) is 24.3 Å². The highest BCUT2D eigenvalue weighted by atomic mass is 19.1. The second kappa shape index (κ2) is 4.85. The van der Waals surface area contributed by atoms with Crippen LogP contribution in [0.2, 0.25) is 0 Å². The molecule has 0 aliphatic carbocycles. The first-order valence-corrected chi connectivity index (χ1v) is 6.30. The lowest BCUT2D eigenvalue weighted by Gasteiger charge is -2.08. The maximum atomic E-state index is 13.4. The summed E-state index contributed by atoms with van der Waals surface area (Å²) in [6, 6.07) is 11.5. The summed E-state index contributed by atoms with van der Waals surface area (Å²) in [4.78, 5) is 16.7. The van der Waals surface area contributed by atoms with E-state index in [9.17, 15) is 9.18 Å². The Kier molecular flexibility index (Phi) is 3.03. The Balaban J connectivity index is 2.20. The molecule has 0 aliphatic rings. The fourth-order valence-corrected chi connectivity index (χ4v) is 2.30. The summed E-state index contributed by atoms with van der Waals surface area (Å²) in [6.45, 7) is 1.80. The van der Waals surface area contributed by atoms with Crippen LogP contribution in [0.25, 0.3) is 10.8 Å². The van der Waals surface area contributed by atoms with Crippen LogP contribution in [0.15, 0.2) is 54.9 Å². The fourth-order valence-electron chi connectivity index (χ4n) is 2.30. The molecule has 0 N–H and O–H groups in total. The van der Waals surface area contributed by atoms with Gasteiger partial charge in [0.15, 0.2) is 5.78 Å². The molecule has 0 aliphatic heterocycles. The van der Waals surface area contributed by atoms with Crippen molar-refractivity contribution >= 4 is 16.6 Å². The molecule has 3 heteroatoms. The monoisotopic (exact) mass is 265 g/mol. The van der Waals surface area contributed by atoms with Crippen molar-refractivity contribution in [3.05, 3.63) is 77.4 Å². The summed E-state index contributed by atoms with van der Waals surface area (Å²) in [5.41, 5.74) is 1.73. The van der Waals surface area contributed by atoms with Crippen LogP contribution in [0.5, 0.6) is 0 Å². The average molecular weight is 265 g/mol. The lowest BCUT2D eigenvalue weighted by atomic mass is 9.95. The lowest BCUT2D eigenvalue weighted by Crippen LogP contribution is -2.05. The molecule has 0 spiro atoms. The number of hydrogen-bond acceptors (Lipinski definition) is 2. The van der Waals surface area contributed by atoms with Crippen molar-refractivity contribution in [3.63, 3.8) is 0 Å². The highest BCUT2D eigenvalue weighted by molar-refractivity contribution is 6.16. The third-order valence-corrected chi connectivity index (χ3v) is 3.37. The molecule has 0 fully saturated rings. The van der Waals surface area contributed by atoms with Gasteiger partial charge in [0, 0.05) is 28.9 Å². The molecule has 98 valence electrons. The van der Waals surface area contributed by atoms with E-state index in [0.29, 0.717) is 11.1 Å². The molecule has 0 bridgehead atoms. The number of aryl methyl sites for hydroxylation is 1. The normalized spacial score (nSPS) is 10.7. The first-order valence-electron chi connectivity index (χ1n) is 6.30. The number of pyridine rings is 1. The van der Waals surface area contributed by atoms with Crippen molar-refractivity contribution in [1.29, 1.82) is 0 Å². The number of carbonyl (C=O) groups excluding carboxylic acids is 1. The summed E-state index contributed by atoms with van der Waals surface area (Å²) in [5.74, 6) is -0.570. The molecule has 0 saturated carbocycles. The van der Waals surface area contributed by atoms with E-state index in [1.165, 1.54) is 12.1 Å². The van der Waals surface area contributed by atoms with Gasteiger partial charge in [-0.25, -0.2) is 4.39 Å². The molecular formula is C17H12FNO. The van der Waals surface area contributed by atoms with Crippen molar-refractivity contribution < 1.29 is 9.18 Å². The first kappa shape index (κ1) is 12.5. The van der Waals surface area contributed by atoms with Crippen molar-refractivity contribution in [3.8, 4) is 0 Å². The standard InChI is InChI=1S/C17H12FNO/c1-11-5-6-13(18)9-16(11)17(20)15-4-2-3-12-10-19-8-7-14(12)15/h2-10H,1H3. The van der Waals surface area contributed by atoms with E-state index in [-0.39, 0.29) is 5.78 Å². The zero-order valence-corrected chi connectivity index (χ0v) is 10.9. The molecule has 3 rings (SSSR count). The molecule has 0 amide bonds. The van der Waals surface area contributed by atoms with Crippen LogP contribution in [-0.2, 0) is 0 Å². The Morgan fingerprint density at radius 1 is 1.10 bits per heavy atom. The minimum Gasteiger partial charge on any atom is -0.289 e. The zero-order valence-electron chi connectivity index (χ0n) is 10.9. The molecule has 1 aromatic heterocycles. The Labute approximate surface area is 115 Å². The van der Waals surface area contributed by atoms with Crippen molar-refractivity contribution in [2.24, 2.45) is 0 Å². The molecule has 2 aromatic carbocycles. The molecule has 3 aromatic rings.